The third kappa shape index (κ3) is 2.64. The van der Waals surface area contributed by atoms with Crippen molar-refractivity contribution in [1.82, 2.24) is 9.59 Å². The minimum atomic E-state index is -0.623. The lowest BCUT2D eigenvalue weighted by atomic mass is 10.1. The van der Waals surface area contributed by atoms with Crippen molar-refractivity contribution in [3.05, 3.63) is 45.1 Å². The van der Waals surface area contributed by atoms with Crippen molar-refractivity contribution in [2.45, 2.75) is 0 Å². The van der Waals surface area contributed by atoms with Gasteiger partial charge in [-0.05, 0) is 35.8 Å². The molecule has 0 bridgehead atoms. The Morgan fingerprint density at radius 2 is 2.19 bits per heavy atom. The molecule has 0 saturated heterocycles. The van der Waals surface area contributed by atoms with E-state index in [2.05, 4.69) is 30.8 Å². The standard InChI is InChI=1S/C13H6BrClFN3OS/c14-7-1-2-9(8(15)4-7)17-12-6(5-20)3-10-13(11(12)16)18-19-21-10/h1-5,17H. The van der Waals surface area contributed by atoms with Crippen LogP contribution < -0.4 is 5.32 Å². The van der Waals surface area contributed by atoms with Gasteiger partial charge in [-0.25, -0.2) is 4.39 Å². The van der Waals surface area contributed by atoms with E-state index in [4.69, 9.17) is 11.6 Å². The molecule has 0 spiro atoms. The SMILES string of the molecule is O=Cc1cc2snnc2c(F)c1Nc1ccc(Br)cc1Cl. The van der Waals surface area contributed by atoms with Crippen molar-refractivity contribution in [3.8, 4) is 0 Å². The van der Waals surface area contributed by atoms with E-state index < -0.39 is 5.82 Å². The van der Waals surface area contributed by atoms with Crippen molar-refractivity contribution in [2.24, 2.45) is 0 Å². The molecule has 3 rings (SSSR count). The largest absolute Gasteiger partial charge is 0.351 e. The summed E-state index contributed by atoms with van der Waals surface area (Å²) in [6.45, 7) is 0. The highest BCUT2D eigenvalue weighted by Crippen LogP contribution is 2.34. The van der Waals surface area contributed by atoms with Crippen LogP contribution in [0.1, 0.15) is 10.4 Å². The predicted octanol–water partition coefficient (Wildman–Crippen LogP) is 4.80. The van der Waals surface area contributed by atoms with Crippen LogP contribution in [0.15, 0.2) is 28.7 Å². The van der Waals surface area contributed by atoms with Gasteiger partial charge in [0.05, 0.1) is 21.1 Å². The molecule has 21 heavy (non-hydrogen) atoms. The molecule has 0 amide bonds. The number of benzene rings is 2. The number of aldehydes is 1. The first-order valence-corrected chi connectivity index (χ1v) is 7.66. The molecule has 0 aliphatic heterocycles. The average molecular weight is 387 g/mol. The molecule has 0 fully saturated rings. The first kappa shape index (κ1) is 14.4. The highest BCUT2D eigenvalue weighted by Gasteiger charge is 2.17. The van der Waals surface area contributed by atoms with Crippen molar-refractivity contribution < 1.29 is 9.18 Å². The Morgan fingerprint density at radius 3 is 2.90 bits per heavy atom. The Kier molecular flexibility index (Phi) is 3.88. The summed E-state index contributed by atoms with van der Waals surface area (Å²) in [6.07, 6.45) is 0.581. The van der Waals surface area contributed by atoms with Crippen LogP contribution in [-0.4, -0.2) is 15.9 Å². The molecule has 0 saturated carbocycles. The molecule has 1 N–H and O–H groups in total. The molecule has 0 aliphatic rings. The van der Waals surface area contributed by atoms with E-state index >= 15 is 0 Å². The van der Waals surface area contributed by atoms with E-state index in [0.29, 0.717) is 21.7 Å². The van der Waals surface area contributed by atoms with E-state index in [1.807, 2.05) is 0 Å². The predicted molar refractivity (Wildman–Crippen MR) is 85.2 cm³/mol. The molecule has 8 heteroatoms. The topological polar surface area (TPSA) is 54.9 Å². The molecule has 0 aliphatic carbocycles. The van der Waals surface area contributed by atoms with Gasteiger partial charge in [0, 0.05) is 10.0 Å². The third-order valence-corrected chi connectivity index (χ3v) is 4.31. The molecular weight excluding hydrogens is 381 g/mol. The number of halogens is 3. The number of nitrogens with one attached hydrogen (secondary N) is 1. The highest BCUT2D eigenvalue weighted by atomic mass is 79.9. The van der Waals surface area contributed by atoms with E-state index in [-0.39, 0.29) is 16.8 Å². The van der Waals surface area contributed by atoms with Crippen LogP contribution in [0, 0.1) is 5.82 Å². The maximum absolute atomic E-state index is 14.5. The first-order valence-electron chi connectivity index (χ1n) is 5.72. The quantitative estimate of drug-likeness (QED) is 0.657. The zero-order chi connectivity index (χ0) is 15.0. The molecule has 1 heterocycles. The molecule has 0 radical (unpaired) electrons. The minimum absolute atomic E-state index is 0.0365. The maximum atomic E-state index is 14.5. The summed E-state index contributed by atoms with van der Waals surface area (Å²) in [4.78, 5) is 11.2. The van der Waals surface area contributed by atoms with Gasteiger partial charge in [0.15, 0.2) is 12.1 Å². The van der Waals surface area contributed by atoms with Crippen LogP contribution in [0.25, 0.3) is 10.2 Å². The van der Waals surface area contributed by atoms with Gasteiger partial charge in [-0.15, -0.1) is 5.10 Å². The van der Waals surface area contributed by atoms with Crippen molar-refractivity contribution >= 4 is 66.9 Å². The minimum Gasteiger partial charge on any atom is -0.351 e. The lowest BCUT2D eigenvalue weighted by Gasteiger charge is -2.12. The second-order valence-electron chi connectivity index (χ2n) is 4.14. The fourth-order valence-electron chi connectivity index (χ4n) is 1.85. The summed E-state index contributed by atoms with van der Waals surface area (Å²) < 4.78 is 19.5. The van der Waals surface area contributed by atoms with Crippen LogP contribution in [0.5, 0.6) is 0 Å². The number of hydrogen-bond acceptors (Lipinski definition) is 5. The molecule has 0 unspecified atom stereocenters. The number of rotatable bonds is 3. The Labute approximate surface area is 136 Å². The fourth-order valence-corrected chi connectivity index (χ4v) is 3.18. The maximum Gasteiger partial charge on any atom is 0.176 e. The van der Waals surface area contributed by atoms with Gasteiger partial charge in [0.25, 0.3) is 0 Å². The molecule has 2 aromatic carbocycles. The molecule has 4 nitrogen and oxygen atoms in total. The summed E-state index contributed by atoms with van der Waals surface area (Å²) in [5, 5.41) is 6.98. The Bertz CT molecular complexity index is 855. The monoisotopic (exact) mass is 385 g/mol. The van der Waals surface area contributed by atoms with Gasteiger partial charge in [-0.2, -0.15) is 0 Å². The summed E-state index contributed by atoms with van der Waals surface area (Å²) in [7, 11) is 0. The third-order valence-electron chi connectivity index (χ3n) is 2.83. The van der Waals surface area contributed by atoms with Gasteiger partial charge in [-0.3, -0.25) is 4.79 Å². The van der Waals surface area contributed by atoms with Crippen LogP contribution in [-0.2, 0) is 0 Å². The lowest BCUT2D eigenvalue weighted by molar-refractivity contribution is 0.112. The Hall–Kier alpha value is -1.57. The number of carbonyl (C=O) groups is 1. The lowest BCUT2D eigenvalue weighted by Crippen LogP contribution is -2.00. The van der Waals surface area contributed by atoms with Crippen molar-refractivity contribution in [3.63, 3.8) is 0 Å². The fraction of sp³-hybridized carbons (Fsp3) is 0. The molecule has 1 aromatic heterocycles. The van der Waals surface area contributed by atoms with Gasteiger partial charge in [-0.1, -0.05) is 32.0 Å². The van der Waals surface area contributed by atoms with Crippen molar-refractivity contribution in [2.75, 3.05) is 5.32 Å². The Balaban J connectivity index is 2.14. The second-order valence-corrected chi connectivity index (χ2v) is 6.25. The molecule has 0 atom stereocenters. The van der Waals surface area contributed by atoms with Crippen LogP contribution >= 0.6 is 39.1 Å². The van der Waals surface area contributed by atoms with Gasteiger partial charge in [0.2, 0.25) is 0 Å². The normalized spacial score (nSPS) is 10.8. The Morgan fingerprint density at radius 1 is 1.38 bits per heavy atom. The van der Waals surface area contributed by atoms with E-state index in [1.54, 1.807) is 24.3 Å². The van der Waals surface area contributed by atoms with E-state index in [0.717, 1.165) is 16.0 Å². The second kappa shape index (κ2) is 5.67. The number of hydrogen-bond donors (Lipinski definition) is 1. The summed E-state index contributed by atoms with van der Waals surface area (Å²) in [5.74, 6) is -0.623. The van der Waals surface area contributed by atoms with E-state index in [9.17, 15) is 9.18 Å². The van der Waals surface area contributed by atoms with Gasteiger partial charge in [0.1, 0.15) is 5.52 Å². The average Bonchev–Trinajstić information content (AvgIpc) is 2.92. The van der Waals surface area contributed by atoms with Crippen molar-refractivity contribution in [1.29, 1.82) is 0 Å². The zero-order valence-electron chi connectivity index (χ0n) is 10.2. The van der Waals surface area contributed by atoms with E-state index in [1.165, 1.54) is 0 Å². The van der Waals surface area contributed by atoms with Gasteiger partial charge >= 0.3 is 0 Å². The number of fused-ring (bicyclic) bond motifs is 1. The van der Waals surface area contributed by atoms with Crippen LogP contribution in [0.4, 0.5) is 15.8 Å². The highest BCUT2D eigenvalue weighted by molar-refractivity contribution is 9.10. The van der Waals surface area contributed by atoms with Gasteiger partial charge < -0.3 is 5.32 Å². The summed E-state index contributed by atoms with van der Waals surface area (Å²) in [6, 6.07) is 6.66. The summed E-state index contributed by atoms with van der Waals surface area (Å²) >= 11 is 10.4. The molecule has 3 aromatic rings. The molecular formula is C13H6BrClFN3OS. The first-order chi connectivity index (χ1) is 10.1. The number of nitrogens with zero attached hydrogens (tertiary/aromatic N) is 2. The zero-order valence-corrected chi connectivity index (χ0v) is 13.4. The number of carbonyl (C=O) groups excluding carboxylic acids is 1. The summed E-state index contributed by atoms with van der Waals surface area (Å²) in [5.41, 5.74) is 0.838. The van der Waals surface area contributed by atoms with Crippen LogP contribution in [0.2, 0.25) is 5.02 Å². The van der Waals surface area contributed by atoms with Crippen LogP contribution in [0.3, 0.4) is 0 Å². The molecule has 106 valence electrons. The number of anilines is 2. The number of aromatic nitrogens is 2. The smallest absolute Gasteiger partial charge is 0.176 e.